The van der Waals surface area contributed by atoms with Gasteiger partial charge in [-0.3, -0.25) is 4.79 Å². The van der Waals surface area contributed by atoms with Crippen LogP contribution in [0.3, 0.4) is 0 Å². The van der Waals surface area contributed by atoms with Crippen molar-refractivity contribution in [2.75, 3.05) is 20.3 Å². The normalized spacial score (nSPS) is 10.5. The fraction of sp³-hybridized carbons (Fsp3) is 0.222. The molecule has 0 aliphatic rings. The number of thiazole rings is 1. The SMILES string of the molecule is COc1ccccc1OCC(=O)NCCc1nc2ccccc2s1. The van der Waals surface area contributed by atoms with E-state index in [2.05, 4.69) is 16.4 Å². The Balaban J connectivity index is 1.45. The minimum Gasteiger partial charge on any atom is -0.493 e. The zero-order chi connectivity index (χ0) is 16.8. The lowest BCUT2D eigenvalue weighted by atomic mass is 10.3. The number of hydrogen-bond donors (Lipinski definition) is 1. The average molecular weight is 342 g/mol. The highest BCUT2D eigenvalue weighted by molar-refractivity contribution is 7.18. The molecule has 0 saturated heterocycles. The van der Waals surface area contributed by atoms with Gasteiger partial charge in [-0.2, -0.15) is 0 Å². The fourth-order valence-corrected chi connectivity index (χ4v) is 3.23. The van der Waals surface area contributed by atoms with Crippen molar-refractivity contribution in [2.45, 2.75) is 6.42 Å². The van der Waals surface area contributed by atoms with Gasteiger partial charge in [-0.1, -0.05) is 24.3 Å². The quantitative estimate of drug-likeness (QED) is 0.717. The van der Waals surface area contributed by atoms with Crippen molar-refractivity contribution in [1.82, 2.24) is 10.3 Å². The number of nitrogens with one attached hydrogen (secondary N) is 1. The van der Waals surface area contributed by atoms with Crippen LogP contribution in [0.2, 0.25) is 0 Å². The number of carbonyl (C=O) groups excluding carboxylic acids is 1. The number of carbonyl (C=O) groups is 1. The second-order valence-electron chi connectivity index (χ2n) is 5.11. The second-order valence-corrected chi connectivity index (χ2v) is 6.23. The lowest BCUT2D eigenvalue weighted by Gasteiger charge is -2.10. The predicted octanol–water partition coefficient (Wildman–Crippen LogP) is 3.04. The van der Waals surface area contributed by atoms with E-state index in [1.165, 1.54) is 4.70 Å². The highest BCUT2D eigenvalue weighted by Gasteiger charge is 2.07. The molecule has 3 rings (SSSR count). The van der Waals surface area contributed by atoms with Crippen LogP contribution in [0.4, 0.5) is 0 Å². The molecule has 0 unspecified atom stereocenters. The maximum Gasteiger partial charge on any atom is 0.257 e. The first-order valence-electron chi connectivity index (χ1n) is 7.63. The number of para-hydroxylation sites is 3. The molecular formula is C18H18N2O3S. The molecule has 24 heavy (non-hydrogen) atoms. The molecular weight excluding hydrogens is 324 g/mol. The van der Waals surface area contributed by atoms with E-state index in [0.29, 0.717) is 24.5 Å². The highest BCUT2D eigenvalue weighted by atomic mass is 32.1. The Bertz CT molecular complexity index is 799. The lowest BCUT2D eigenvalue weighted by Crippen LogP contribution is -2.30. The maximum atomic E-state index is 11.9. The van der Waals surface area contributed by atoms with E-state index in [1.54, 1.807) is 30.6 Å². The van der Waals surface area contributed by atoms with Gasteiger partial charge < -0.3 is 14.8 Å². The molecule has 124 valence electrons. The molecule has 0 fully saturated rings. The monoisotopic (exact) mass is 342 g/mol. The molecule has 2 aromatic carbocycles. The van der Waals surface area contributed by atoms with Gasteiger partial charge in [0.2, 0.25) is 0 Å². The van der Waals surface area contributed by atoms with Crippen molar-refractivity contribution in [3.63, 3.8) is 0 Å². The summed E-state index contributed by atoms with van der Waals surface area (Å²) >= 11 is 1.65. The summed E-state index contributed by atoms with van der Waals surface area (Å²) in [6.07, 6.45) is 0.708. The second kappa shape index (κ2) is 7.79. The van der Waals surface area contributed by atoms with Gasteiger partial charge in [0.1, 0.15) is 0 Å². The maximum absolute atomic E-state index is 11.9. The van der Waals surface area contributed by atoms with Crippen molar-refractivity contribution in [3.8, 4) is 11.5 Å². The van der Waals surface area contributed by atoms with Gasteiger partial charge >= 0.3 is 0 Å². The van der Waals surface area contributed by atoms with Crippen molar-refractivity contribution in [1.29, 1.82) is 0 Å². The van der Waals surface area contributed by atoms with E-state index in [-0.39, 0.29) is 12.5 Å². The van der Waals surface area contributed by atoms with Gasteiger partial charge in [-0.05, 0) is 24.3 Å². The predicted molar refractivity (Wildman–Crippen MR) is 94.8 cm³/mol. The van der Waals surface area contributed by atoms with Crippen LogP contribution < -0.4 is 14.8 Å². The van der Waals surface area contributed by atoms with Gasteiger partial charge in [0.25, 0.3) is 5.91 Å². The van der Waals surface area contributed by atoms with Gasteiger partial charge in [0, 0.05) is 13.0 Å². The molecule has 1 amide bonds. The van der Waals surface area contributed by atoms with E-state index < -0.39 is 0 Å². The van der Waals surface area contributed by atoms with Crippen LogP contribution in [0.15, 0.2) is 48.5 Å². The summed E-state index contributed by atoms with van der Waals surface area (Å²) in [7, 11) is 1.57. The first kappa shape index (κ1) is 16.3. The Kier molecular flexibility index (Phi) is 5.28. The van der Waals surface area contributed by atoms with Gasteiger partial charge in [0.15, 0.2) is 18.1 Å². The van der Waals surface area contributed by atoms with Crippen molar-refractivity contribution >= 4 is 27.5 Å². The van der Waals surface area contributed by atoms with Gasteiger partial charge in [-0.25, -0.2) is 4.98 Å². The Morgan fingerprint density at radius 3 is 2.67 bits per heavy atom. The Morgan fingerprint density at radius 2 is 1.88 bits per heavy atom. The number of fused-ring (bicyclic) bond motifs is 1. The number of methoxy groups -OCH3 is 1. The van der Waals surface area contributed by atoms with Crippen LogP contribution in [0.1, 0.15) is 5.01 Å². The highest BCUT2D eigenvalue weighted by Crippen LogP contribution is 2.25. The number of aromatic nitrogens is 1. The third kappa shape index (κ3) is 4.02. The number of ether oxygens (including phenoxy) is 2. The fourth-order valence-electron chi connectivity index (χ4n) is 2.27. The van der Waals surface area contributed by atoms with E-state index >= 15 is 0 Å². The molecule has 1 heterocycles. The summed E-state index contributed by atoms with van der Waals surface area (Å²) in [6.45, 7) is 0.494. The Labute approximate surface area is 144 Å². The molecule has 0 saturated carbocycles. The van der Waals surface area contributed by atoms with Crippen LogP contribution >= 0.6 is 11.3 Å². The number of hydrogen-bond acceptors (Lipinski definition) is 5. The van der Waals surface area contributed by atoms with E-state index in [0.717, 1.165) is 10.5 Å². The van der Waals surface area contributed by atoms with E-state index in [9.17, 15) is 4.79 Å². The molecule has 0 aliphatic heterocycles. The first-order chi connectivity index (χ1) is 11.8. The molecule has 3 aromatic rings. The number of rotatable bonds is 7. The van der Waals surface area contributed by atoms with Crippen LogP contribution in [0.5, 0.6) is 11.5 Å². The molecule has 1 N–H and O–H groups in total. The van der Waals surface area contributed by atoms with Crippen LogP contribution in [-0.4, -0.2) is 31.2 Å². The number of nitrogens with zero attached hydrogens (tertiary/aromatic N) is 1. The molecule has 0 atom stereocenters. The van der Waals surface area contributed by atoms with Crippen molar-refractivity contribution in [3.05, 3.63) is 53.5 Å². The Morgan fingerprint density at radius 1 is 1.12 bits per heavy atom. The summed E-state index contributed by atoms with van der Waals surface area (Å²) in [5.74, 6) is 1.00. The minimum atomic E-state index is -0.165. The van der Waals surface area contributed by atoms with E-state index in [4.69, 9.17) is 9.47 Å². The minimum absolute atomic E-state index is 0.0415. The summed E-state index contributed by atoms with van der Waals surface area (Å²) < 4.78 is 11.8. The van der Waals surface area contributed by atoms with Crippen LogP contribution in [0.25, 0.3) is 10.2 Å². The standard InChI is InChI=1S/C18H18N2O3S/c1-22-14-7-3-4-8-15(14)23-12-17(21)19-11-10-18-20-13-6-2-5-9-16(13)24-18/h2-9H,10-12H2,1H3,(H,19,21). The van der Waals surface area contributed by atoms with Crippen molar-refractivity contribution in [2.24, 2.45) is 0 Å². The lowest BCUT2D eigenvalue weighted by molar-refractivity contribution is -0.123. The molecule has 0 aliphatic carbocycles. The molecule has 5 nitrogen and oxygen atoms in total. The molecule has 0 spiro atoms. The first-order valence-corrected chi connectivity index (χ1v) is 8.45. The summed E-state index contributed by atoms with van der Waals surface area (Å²) in [4.78, 5) is 16.4. The molecule has 6 heteroatoms. The largest absolute Gasteiger partial charge is 0.493 e. The third-order valence-corrected chi connectivity index (χ3v) is 4.52. The third-order valence-electron chi connectivity index (χ3n) is 3.43. The smallest absolute Gasteiger partial charge is 0.257 e. The summed E-state index contributed by atoms with van der Waals surface area (Å²) in [6, 6.07) is 15.3. The summed E-state index contributed by atoms with van der Waals surface area (Å²) in [5, 5.41) is 3.86. The average Bonchev–Trinajstić information content (AvgIpc) is 3.03. The van der Waals surface area contributed by atoms with Gasteiger partial charge in [0.05, 0.1) is 22.3 Å². The number of amides is 1. The zero-order valence-corrected chi connectivity index (χ0v) is 14.1. The summed E-state index contributed by atoms with van der Waals surface area (Å²) in [5.41, 5.74) is 1.00. The molecule has 0 radical (unpaired) electrons. The zero-order valence-electron chi connectivity index (χ0n) is 13.3. The topological polar surface area (TPSA) is 60.5 Å². The Hall–Kier alpha value is -2.60. The van der Waals surface area contributed by atoms with Crippen molar-refractivity contribution < 1.29 is 14.3 Å². The van der Waals surface area contributed by atoms with Crippen LogP contribution in [-0.2, 0) is 11.2 Å². The van der Waals surface area contributed by atoms with E-state index in [1.807, 2.05) is 30.3 Å². The van der Waals surface area contributed by atoms with Crippen LogP contribution in [0, 0.1) is 0 Å². The molecule has 1 aromatic heterocycles. The number of benzene rings is 2. The van der Waals surface area contributed by atoms with Gasteiger partial charge in [-0.15, -0.1) is 11.3 Å². The molecule has 0 bridgehead atoms.